The first-order chi connectivity index (χ1) is 51.1. The first kappa shape index (κ1) is 76.1. The summed E-state index contributed by atoms with van der Waals surface area (Å²) in [6, 6.07) is 63.4. The summed E-state index contributed by atoms with van der Waals surface area (Å²) in [6.07, 6.45) is 5.05. The van der Waals surface area contributed by atoms with Gasteiger partial charge in [-0.1, -0.05) is 195 Å². The summed E-state index contributed by atoms with van der Waals surface area (Å²) >= 11 is 0. The summed E-state index contributed by atoms with van der Waals surface area (Å²) in [4.78, 5) is 22.9. The van der Waals surface area contributed by atoms with Crippen LogP contribution in [0.4, 0.5) is 0 Å². The molecule has 0 N–H and O–H groups in total. The van der Waals surface area contributed by atoms with E-state index in [4.69, 9.17) is 30.9 Å². The van der Waals surface area contributed by atoms with Gasteiger partial charge in [0.1, 0.15) is 0 Å². The van der Waals surface area contributed by atoms with E-state index in [0.29, 0.717) is 39.2 Å². The zero-order valence-corrected chi connectivity index (χ0v) is 79.3. The van der Waals surface area contributed by atoms with Crippen molar-refractivity contribution in [1.82, 2.24) is 24.9 Å². The minimum absolute atomic E-state index is 0. The van der Waals surface area contributed by atoms with Gasteiger partial charge in [-0.3, -0.25) is 0 Å². The minimum atomic E-state index is -2.77. The average molecular weight is 2350 g/mol. The molecule has 5 radical (unpaired) electrons. The molecular weight excluding hydrogens is 2250 g/mol. The van der Waals surface area contributed by atoms with Gasteiger partial charge < -0.3 is 24.9 Å². The SMILES string of the molecule is Cc1cc(-c2[c-]cc(C#N)cc2)ncc1[Si](C)(C)C.Cc1cc([Si](C)(C)C)cnc1-c1[c-]cc(C#N)cc1.Cc1nc(-c2[c-]cc(C#N)cc2)ccc1[Si](C)(C)C.[2H]C([2H])([2H])C([2H])(C)C([2H])([2H])c1cc(-c2[c-]cccc2)ncc1[Si](C)(C)C.[2H]c1c([2H])c([2H])c(-c2cc(-c3[c-]cccc3)ncc2[Si](C)(C)C)c([2H])c1[2H].[Ir].[Ir].[Ir].[Ir].[Ir]. The summed E-state index contributed by atoms with van der Waals surface area (Å²) in [5.41, 5.74) is 14.9. The molecule has 0 bridgehead atoms. The number of aryl methyl sites for hydroxylation is 3. The van der Waals surface area contributed by atoms with Crippen LogP contribution in [-0.2, 0) is 107 Å². The van der Waals surface area contributed by atoms with Crippen LogP contribution in [-0.4, -0.2) is 65.3 Å². The van der Waals surface area contributed by atoms with Crippen LogP contribution in [0.2, 0.25) is 98.2 Å². The average Bonchev–Trinajstić information content (AvgIpc) is 0.734. The first-order valence-electron chi connectivity index (χ1n) is 38.3. The molecule has 0 aliphatic rings. The second-order valence-corrected chi connectivity index (χ2v) is 54.4. The zero-order chi connectivity index (χ0) is 82.0. The Kier molecular flexibility index (Phi) is 31.0. The van der Waals surface area contributed by atoms with E-state index in [2.05, 4.69) is 217 Å². The van der Waals surface area contributed by atoms with Crippen molar-refractivity contribution in [1.29, 1.82) is 15.8 Å². The maximum absolute atomic E-state index is 8.80. The predicted molar refractivity (Wildman–Crippen MR) is 430 cm³/mol. The molecule has 0 amide bonds. The number of pyridine rings is 5. The van der Waals surface area contributed by atoms with Gasteiger partial charge in [0.15, 0.2) is 0 Å². The molecule has 1 atom stereocenters. The summed E-state index contributed by atoms with van der Waals surface area (Å²) in [5.74, 6) is -2.30. The Morgan fingerprint density at radius 1 is 0.452 bits per heavy atom. The smallest absolute Gasteiger partial charge is 0.0803 e. The molecule has 549 valence electrons. The second-order valence-electron chi connectivity index (χ2n) is 29.2. The fourth-order valence-electron chi connectivity index (χ4n) is 10.6. The number of aromatic nitrogens is 5. The van der Waals surface area contributed by atoms with Crippen LogP contribution in [0.3, 0.4) is 0 Å². The van der Waals surface area contributed by atoms with Crippen LogP contribution >= 0.6 is 0 Å². The van der Waals surface area contributed by atoms with Crippen LogP contribution in [0.5, 0.6) is 0 Å². The third-order valence-electron chi connectivity index (χ3n) is 15.9. The summed E-state index contributed by atoms with van der Waals surface area (Å²) in [5, 5.41) is 32.2. The van der Waals surface area contributed by atoms with E-state index in [0.717, 1.165) is 62.3 Å². The standard InChI is InChI=1S/C20H20NSi.C18H24NSi.3C16H17N2Si.5Ir/c1-22(2,3)20-15-21-19(17-12-8-5-9-13-17)14-18(20)16-10-6-4-7-11-16;1-14(2)11-16-12-17(15-9-7-6-8-10-15)19-13-18(16)20(3,4)5;1-12-9-15(18-11-16(12)19(2,3)4)14-7-5-13(10-17)6-8-14;1-12-9-15(19(2,3)4)11-18-16(12)14-7-5-13(10-17)6-8-14;1-12-16(19(2,3)4)10-9-15(18-12)14-7-5-13(11-17)6-8-14;;;;;/h4-12,14-15H,1-3H3;6-9,12-14H,11H2,1-5H3;2*5-7,9,11H,1-4H3;5-7,9-10H,1-4H3;;;;;/q5*-1;;;;;/i4D,6D,7D,10D,11D;1D3,11D2,14D;;;;;;;;. The van der Waals surface area contributed by atoms with Gasteiger partial charge in [0.05, 0.1) is 47.2 Å². The normalized spacial score (nSPS) is 13.1. The van der Waals surface area contributed by atoms with Crippen LogP contribution in [0.1, 0.15) is 67.9 Å². The molecule has 104 heavy (non-hydrogen) atoms. The Morgan fingerprint density at radius 3 is 1.30 bits per heavy atom. The van der Waals surface area contributed by atoms with E-state index >= 15 is 0 Å². The van der Waals surface area contributed by atoms with Crippen LogP contribution < -0.4 is 25.9 Å². The van der Waals surface area contributed by atoms with Crippen molar-refractivity contribution in [2.24, 2.45) is 5.89 Å². The number of benzene rings is 6. The van der Waals surface area contributed by atoms with Gasteiger partial charge in [0, 0.05) is 157 Å². The Morgan fingerprint density at radius 2 is 0.894 bits per heavy atom. The largest absolute Gasteiger partial charge is 0.305 e. The second kappa shape index (κ2) is 42.4. The number of hydrogen-bond donors (Lipinski definition) is 0. The first-order valence-corrected chi connectivity index (χ1v) is 50.3. The molecule has 18 heteroatoms. The van der Waals surface area contributed by atoms with Gasteiger partial charge in [0.2, 0.25) is 0 Å². The Hall–Kier alpha value is -6.13. The Balaban J connectivity index is 0.000000486. The fraction of sp³-hybridized carbons (Fsp3) is 0.256. The van der Waals surface area contributed by atoms with E-state index in [1.165, 1.54) is 26.7 Å². The summed E-state index contributed by atoms with van der Waals surface area (Å²) in [6.45, 7) is 38.2. The maximum atomic E-state index is 8.80. The van der Waals surface area contributed by atoms with Crippen LogP contribution in [0, 0.1) is 91.0 Å². The molecule has 8 nitrogen and oxygen atoms in total. The van der Waals surface area contributed by atoms with Crippen molar-refractivity contribution in [3.8, 4) is 85.6 Å². The molecule has 1 unspecified atom stereocenters. The molecule has 0 aliphatic heterocycles. The third kappa shape index (κ3) is 27.6. The number of nitrogens with zero attached hydrogens (tertiary/aromatic N) is 8. The maximum Gasteiger partial charge on any atom is 0.0803 e. The monoisotopic (exact) mass is 2360 g/mol. The molecule has 0 saturated heterocycles. The molecule has 0 spiro atoms. The van der Waals surface area contributed by atoms with Gasteiger partial charge in [-0.15, -0.1) is 161 Å². The van der Waals surface area contributed by atoms with E-state index < -0.39 is 59.5 Å². The van der Waals surface area contributed by atoms with Crippen molar-refractivity contribution >= 4 is 66.3 Å². The van der Waals surface area contributed by atoms with Crippen molar-refractivity contribution < 1.29 is 116 Å². The molecule has 5 heterocycles. The van der Waals surface area contributed by atoms with E-state index in [1.807, 2.05) is 73.1 Å². The molecule has 11 aromatic rings. The Labute approximate surface area is 710 Å². The molecule has 11 rings (SSSR count). The van der Waals surface area contributed by atoms with Gasteiger partial charge >= 0.3 is 0 Å². The van der Waals surface area contributed by atoms with Gasteiger partial charge in [-0.2, -0.15) is 0 Å². The fourth-order valence-corrected chi connectivity index (χ4v) is 18.0. The van der Waals surface area contributed by atoms with E-state index in [9.17, 15) is 0 Å². The van der Waals surface area contributed by atoms with Crippen molar-refractivity contribution in [3.63, 3.8) is 0 Å². The topological polar surface area (TPSA) is 136 Å². The molecule has 0 fully saturated rings. The van der Waals surface area contributed by atoms with E-state index in [1.54, 1.807) is 67.0 Å². The number of rotatable bonds is 13. The number of nitriles is 3. The van der Waals surface area contributed by atoms with Gasteiger partial charge in [-0.25, -0.2) is 15.8 Å². The van der Waals surface area contributed by atoms with Crippen LogP contribution in [0.15, 0.2) is 195 Å². The van der Waals surface area contributed by atoms with Crippen molar-refractivity contribution in [2.45, 2.75) is 139 Å². The molecule has 0 saturated carbocycles. The Bertz CT molecular complexity index is 5090. The van der Waals surface area contributed by atoms with E-state index in [-0.39, 0.29) is 142 Å². The zero-order valence-electron chi connectivity index (χ0n) is 73.3. The predicted octanol–water partition coefficient (Wildman–Crippen LogP) is 18.9. The number of hydrogen-bond acceptors (Lipinski definition) is 8. The quantitative estimate of drug-likeness (QED) is 0.0822. The van der Waals surface area contributed by atoms with Crippen molar-refractivity contribution in [2.75, 3.05) is 0 Å². The summed E-state index contributed by atoms with van der Waals surface area (Å²) in [7, 11) is -7.90. The van der Waals surface area contributed by atoms with Gasteiger partial charge in [0.25, 0.3) is 0 Å². The molecule has 0 aliphatic carbocycles. The summed E-state index contributed by atoms with van der Waals surface area (Å²) < 4.78 is 89.2. The molecule has 6 aromatic carbocycles. The third-order valence-corrected chi connectivity index (χ3v) is 26.2. The van der Waals surface area contributed by atoms with Crippen molar-refractivity contribution in [3.05, 3.63) is 264 Å². The molecule has 5 aromatic heterocycles. The van der Waals surface area contributed by atoms with Gasteiger partial charge in [-0.05, 0) is 115 Å². The minimum Gasteiger partial charge on any atom is -0.305 e. The molecular formula is C86H95Ir5N8Si5-5. The van der Waals surface area contributed by atoms with Crippen LogP contribution in [0.25, 0.3) is 67.4 Å².